The third-order valence-electron chi connectivity index (χ3n) is 4.31. The minimum atomic E-state index is 0.913. The average Bonchev–Trinajstić information content (AvgIpc) is 3.07. The maximum absolute atomic E-state index is 2.54. The molecule has 80 valence electrons. The second-order valence-electron chi connectivity index (χ2n) is 5.33. The molecule has 0 aromatic heterocycles. The van der Waals surface area contributed by atoms with Gasteiger partial charge in [0, 0.05) is 0 Å². The molecule has 2 aliphatic rings. The molecular weight excluding hydrogens is 180 g/mol. The summed E-state index contributed by atoms with van der Waals surface area (Å²) in [6.07, 6.45) is 8.32. The zero-order valence-corrected chi connectivity index (χ0v) is 9.90. The molecule has 0 unspecified atom stereocenters. The first-order valence-corrected chi connectivity index (χ1v) is 6.39. The zero-order valence-electron chi connectivity index (χ0n) is 9.90. The van der Waals surface area contributed by atoms with E-state index in [0.29, 0.717) is 0 Å². The largest absolute Gasteiger partial charge is 0.0550 e. The van der Waals surface area contributed by atoms with E-state index in [1.807, 2.05) is 0 Å². The van der Waals surface area contributed by atoms with E-state index in [9.17, 15) is 0 Å². The summed E-state index contributed by atoms with van der Waals surface area (Å²) in [4.78, 5) is 0. The highest BCUT2D eigenvalue weighted by Gasteiger charge is 2.27. The molecule has 0 radical (unpaired) electrons. The summed E-state index contributed by atoms with van der Waals surface area (Å²) in [5.41, 5.74) is 8.23. The molecule has 0 aliphatic heterocycles. The molecule has 15 heavy (non-hydrogen) atoms. The molecular formula is C15H20. The van der Waals surface area contributed by atoms with Gasteiger partial charge in [-0.3, -0.25) is 0 Å². The number of benzene rings is 1. The molecule has 1 fully saturated rings. The van der Waals surface area contributed by atoms with Crippen molar-refractivity contribution in [2.75, 3.05) is 0 Å². The van der Waals surface area contributed by atoms with Crippen molar-refractivity contribution >= 4 is 0 Å². The van der Waals surface area contributed by atoms with Crippen molar-refractivity contribution in [3.63, 3.8) is 0 Å². The van der Waals surface area contributed by atoms with Crippen LogP contribution in [0.1, 0.15) is 59.4 Å². The second kappa shape index (κ2) is 3.37. The van der Waals surface area contributed by atoms with Crippen LogP contribution < -0.4 is 0 Å². The molecule has 0 bridgehead atoms. The fourth-order valence-electron chi connectivity index (χ4n) is 3.07. The Morgan fingerprint density at radius 3 is 2.47 bits per heavy atom. The van der Waals surface area contributed by atoms with Gasteiger partial charge in [0.2, 0.25) is 0 Å². The Balaban J connectivity index is 2.14. The minimum Gasteiger partial charge on any atom is -0.0550 e. The lowest BCUT2D eigenvalue weighted by atomic mass is 9.83. The summed E-state index contributed by atoms with van der Waals surface area (Å²) in [6, 6.07) is 2.54. The van der Waals surface area contributed by atoms with Crippen LogP contribution in [-0.2, 0) is 12.8 Å². The number of hydrogen-bond acceptors (Lipinski definition) is 0. The molecule has 0 spiro atoms. The third kappa shape index (κ3) is 1.51. The molecule has 0 atom stereocenters. The van der Waals surface area contributed by atoms with Gasteiger partial charge in [0.15, 0.2) is 0 Å². The Bertz CT molecular complexity index is 397. The summed E-state index contributed by atoms with van der Waals surface area (Å²) < 4.78 is 0. The van der Waals surface area contributed by atoms with Gasteiger partial charge < -0.3 is 0 Å². The van der Waals surface area contributed by atoms with Crippen LogP contribution in [0.3, 0.4) is 0 Å². The van der Waals surface area contributed by atoms with Gasteiger partial charge in [-0.05, 0) is 86.1 Å². The number of hydrogen-bond donors (Lipinski definition) is 0. The molecule has 0 heterocycles. The van der Waals surface area contributed by atoms with E-state index in [2.05, 4.69) is 19.9 Å². The lowest BCUT2D eigenvalue weighted by molar-refractivity contribution is 0.679. The van der Waals surface area contributed by atoms with E-state index in [4.69, 9.17) is 0 Å². The Hall–Kier alpha value is -0.780. The number of rotatable bonds is 1. The molecule has 2 aliphatic carbocycles. The Kier molecular flexibility index (Phi) is 2.12. The van der Waals surface area contributed by atoms with E-state index < -0.39 is 0 Å². The summed E-state index contributed by atoms with van der Waals surface area (Å²) >= 11 is 0. The SMILES string of the molecule is Cc1c(C2CC2)cc2c(c1C)CCCC2. The van der Waals surface area contributed by atoms with Crippen molar-refractivity contribution in [2.24, 2.45) is 0 Å². The van der Waals surface area contributed by atoms with Gasteiger partial charge in [0.1, 0.15) is 0 Å². The van der Waals surface area contributed by atoms with Crippen LogP contribution in [0, 0.1) is 13.8 Å². The van der Waals surface area contributed by atoms with Gasteiger partial charge in [-0.2, -0.15) is 0 Å². The molecule has 0 heteroatoms. The van der Waals surface area contributed by atoms with Crippen LogP contribution in [-0.4, -0.2) is 0 Å². The van der Waals surface area contributed by atoms with Gasteiger partial charge in [-0.25, -0.2) is 0 Å². The second-order valence-corrected chi connectivity index (χ2v) is 5.33. The molecule has 3 rings (SSSR count). The van der Waals surface area contributed by atoms with Gasteiger partial charge in [-0.15, -0.1) is 0 Å². The fourth-order valence-corrected chi connectivity index (χ4v) is 3.07. The summed E-state index contributed by atoms with van der Waals surface area (Å²) in [5.74, 6) is 0.913. The molecule has 1 saturated carbocycles. The average molecular weight is 200 g/mol. The predicted molar refractivity (Wildman–Crippen MR) is 64.5 cm³/mol. The van der Waals surface area contributed by atoms with Crippen molar-refractivity contribution in [1.29, 1.82) is 0 Å². The standard InChI is InChI=1S/C15H20/c1-10-11(2)15(12-7-8-12)9-13-5-3-4-6-14(10)13/h9,12H,3-8H2,1-2H3. The van der Waals surface area contributed by atoms with Crippen LogP contribution in [0.25, 0.3) is 0 Å². The Labute approximate surface area is 92.7 Å². The monoisotopic (exact) mass is 200 g/mol. The van der Waals surface area contributed by atoms with Crippen molar-refractivity contribution in [3.05, 3.63) is 33.9 Å². The van der Waals surface area contributed by atoms with E-state index in [-0.39, 0.29) is 0 Å². The maximum Gasteiger partial charge on any atom is -0.0159 e. The normalized spacial score (nSPS) is 20.1. The van der Waals surface area contributed by atoms with Crippen LogP contribution in [0.4, 0.5) is 0 Å². The quantitative estimate of drug-likeness (QED) is 0.641. The van der Waals surface area contributed by atoms with Gasteiger partial charge in [0.25, 0.3) is 0 Å². The number of fused-ring (bicyclic) bond motifs is 1. The molecule has 1 aromatic carbocycles. The van der Waals surface area contributed by atoms with Crippen molar-refractivity contribution in [3.8, 4) is 0 Å². The third-order valence-corrected chi connectivity index (χ3v) is 4.31. The lowest BCUT2D eigenvalue weighted by Crippen LogP contribution is -2.08. The maximum atomic E-state index is 2.54. The molecule has 0 nitrogen and oxygen atoms in total. The highest BCUT2D eigenvalue weighted by atomic mass is 14.3. The summed E-state index contributed by atoms with van der Waals surface area (Å²) in [7, 11) is 0. The van der Waals surface area contributed by atoms with Crippen LogP contribution in [0.15, 0.2) is 6.07 Å². The first kappa shape index (κ1) is 9.45. The minimum absolute atomic E-state index is 0.913. The van der Waals surface area contributed by atoms with Crippen molar-refractivity contribution in [1.82, 2.24) is 0 Å². The molecule has 0 amide bonds. The van der Waals surface area contributed by atoms with E-state index in [0.717, 1.165) is 5.92 Å². The lowest BCUT2D eigenvalue weighted by Gasteiger charge is -2.22. The predicted octanol–water partition coefficient (Wildman–Crippen LogP) is 4.06. The van der Waals surface area contributed by atoms with Crippen LogP contribution in [0.5, 0.6) is 0 Å². The summed E-state index contributed by atoms with van der Waals surface area (Å²) in [6.45, 7) is 4.67. The first-order chi connectivity index (χ1) is 7.27. The van der Waals surface area contributed by atoms with Crippen molar-refractivity contribution in [2.45, 2.75) is 58.3 Å². The molecule has 1 aromatic rings. The molecule has 0 N–H and O–H groups in total. The van der Waals surface area contributed by atoms with Gasteiger partial charge >= 0.3 is 0 Å². The highest BCUT2D eigenvalue weighted by Crippen LogP contribution is 2.44. The zero-order chi connectivity index (χ0) is 10.4. The van der Waals surface area contributed by atoms with Gasteiger partial charge in [-0.1, -0.05) is 6.07 Å². The molecule has 0 saturated heterocycles. The number of aryl methyl sites for hydroxylation is 1. The smallest absolute Gasteiger partial charge is 0.0159 e. The van der Waals surface area contributed by atoms with E-state index >= 15 is 0 Å². The van der Waals surface area contributed by atoms with E-state index in [1.165, 1.54) is 38.5 Å². The van der Waals surface area contributed by atoms with Crippen LogP contribution >= 0.6 is 0 Å². The Morgan fingerprint density at radius 1 is 1.00 bits per heavy atom. The van der Waals surface area contributed by atoms with Gasteiger partial charge in [0.05, 0.1) is 0 Å². The fraction of sp³-hybridized carbons (Fsp3) is 0.600. The highest BCUT2D eigenvalue weighted by molar-refractivity contribution is 5.48. The Morgan fingerprint density at radius 2 is 1.73 bits per heavy atom. The first-order valence-electron chi connectivity index (χ1n) is 6.39. The topological polar surface area (TPSA) is 0 Å². The van der Waals surface area contributed by atoms with E-state index in [1.54, 1.807) is 27.8 Å². The summed E-state index contributed by atoms with van der Waals surface area (Å²) in [5, 5.41) is 0. The van der Waals surface area contributed by atoms with Crippen LogP contribution in [0.2, 0.25) is 0 Å². The van der Waals surface area contributed by atoms with Crippen molar-refractivity contribution < 1.29 is 0 Å².